The molecule has 7 heteroatoms. The summed E-state index contributed by atoms with van der Waals surface area (Å²) in [5.41, 5.74) is 4.35. The molecule has 2 nitrogen and oxygen atoms in total. The molecule has 0 saturated carbocycles. The van der Waals surface area contributed by atoms with Crippen LogP contribution in [0.3, 0.4) is 0 Å². The molecule has 0 radical (unpaired) electrons. The van der Waals surface area contributed by atoms with Crippen molar-refractivity contribution in [1.82, 2.24) is 4.98 Å². The average molecular weight is 214 g/mol. The van der Waals surface area contributed by atoms with Gasteiger partial charge in [0.15, 0.2) is 0 Å². The van der Waals surface area contributed by atoms with E-state index < -0.39 is 12.4 Å². The molecule has 0 aliphatic carbocycles. The number of pyridine rings is 1. The maximum atomic E-state index is 12.2. The van der Waals surface area contributed by atoms with Crippen molar-refractivity contribution >= 4 is 18.1 Å². The monoisotopic (exact) mass is 214 g/mol. The first kappa shape index (κ1) is 13.4. The van der Waals surface area contributed by atoms with Crippen LogP contribution in [0, 0.1) is 6.92 Å². The largest absolute Gasteiger partial charge is 1.00 e. The van der Waals surface area contributed by atoms with E-state index in [-0.39, 0.29) is 57.1 Å². The van der Waals surface area contributed by atoms with Gasteiger partial charge in [0, 0.05) is 17.6 Å². The second kappa shape index (κ2) is 4.79. The number of hydrogen-bond donors (Lipinski definition) is 1. The summed E-state index contributed by atoms with van der Waals surface area (Å²) in [7, 11) is 0. The Morgan fingerprint density at radius 3 is 2.31 bits per heavy atom. The third-order valence-electron chi connectivity index (χ3n) is 1.46. The first-order chi connectivity index (χ1) is 5.41. The normalized spacial score (nSPS) is 10.8. The minimum absolute atomic E-state index is 0. The van der Waals surface area contributed by atoms with Crippen LogP contribution >= 0.6 is 0 Å². The third kappa shape index (κ3) is 3.59. The van der Waals surface area contributed by atoms with E-state index in [0.29, 0.717) is 5.69 Å². The predicted octanol–water partition coefficient (Wildman–Crippen LogP) is -1.97. The molecule has 0 fully saturated rings. The van der Waals surface area contributed by atoms with Gasteiger partial charge in [0.2, 0.25) is 0 Å². The van der Waals surface area contributed by atoms with Crippen LogP contribution in [0.5, 0.6) is 0 Å². The van der Waals surface area contributed by atoms with E-state index in [9.17, 15) is 12.9 Å². The molecule has 1 rings (SSSR count). The number of hydrogen-bond acceptors (Lipinski definition) is 2. The van der Waals surface area contributed by atoms with E-state index in [0.717, 1.165) is 12.3 Å². The molecule has 0 atom stereocenters. The SMILES string of the molecule is Cc1cc([B-](F)(F)F)c(N)cn1.[K+]. The smallest absolute Gasteiger partial charge is 0.445 e. The van der Waals surface area contributed by atoms with Crippen molar-refractivity contribution in [2.45, 2.75) is 6.92 Å². The molecule has 0 spiro atoms. The summed E-state index contributed by atoms with van der Waals surface area (Å²) >= 11 is 0. The number of nitrogen functional groups attached to an aromatic ring is 1. The molecule has 0 bridgehead atoms. The van der Waals surface area contributed by atoms with Crippen LogP contribution in [0.4, 0.5) is 18.6 Å². The van der Waals surface area contributed by atoms with Gasteiger partial charge in [0.25, 0.3) is 0 Å². The van der Waals surface area contributed by atoms with Crippen LogP contribution in [0.2, 0.25) is 0 Å². The zero-order chi connectivity index (χ0) is 9.35. The molecule has 0 aliphatic rings. The standard InChI is InChI=1S/C6H7BF3N2.K/c1-4-2-5(7(8,9)10)6(11)3-12-4;/h2-3H,11H2,1H3;/q-1;+1. The van der Waals surface area contributed by atoms with Crippen molar-refractivity contribution in [1.29, 1.82) is 0 Å². The first-order valence-electron chi connectivity index (χ1n) is 3.33. The van der Waals surface area contributed by atoms with Gasteiger partial charge in [0.1, 0.15) is 0 Å². The molecule has 0 amide bonds. The van der Waals surface area contributed by atoms with E-state index in [2.05, 4.69) is 4.98 Å². The Morgan fingerprint density at radius 1 is 1.38 bits per heavy atom. The number of nitrogens with zero attached hydrogens (tertiary/aromatic N) is 1. The summed E-state index contributed by atoms with van der Waals surface area (Å²) in [5, 5.41) is 0. The summed E-state index contributed by atoms with van der Waals surface area (Å²) in [6.45, 7) is -3.52. The van der Waals surface area contributed by atoms with Gasteiger partial charge in [-0.3, -0.25) is 4.98 Å². The van der Waals surface area contributed by atoms with Crippen molar-refractivity contribution in [3.8, 4) is 0 Å². The molecule has 0 aromatic carbocycles. The van der Waals surface area contributed by atoms with Crippen LogP contribution in [0.15, 0.2) is 12.3 Å². The number of aryl methyl sites for hydroxylation is 1. The van der Waals surface area contributed by atoms with Gasteiger partial charge in [-0.15, -0.1) is 0 Å². The van der Waals surface area contributed by atoms with E-state index in [1.54, 1.807) is 0 Å². The predicted molar refractivity (Wildman–Crippen MR) is 42.1 cm³/mol. The quantitative estimate of drug-likeness (QED) is 0.551. The second-order valence-corrected chi connectivity index (χ2v) is 2.53. The van der Waals surface area contributed by atoms with Crippen molar-refractivity contribution in [2.24, 2.45) is 0 Å². The van der Waals surface area contributed by atoms with E-state index in [1.807, 2.05) is 0 Å². The zero-order valence-corrected chi connectivity index (χ0v) is 10.5. The Morgan fingerprint density at radius 2 is 1.92 bits per heavy atom. The van der Waals surface area contributed by atoms with E-state index >= 15 is 0 Å². The average Bonchev–Trinajstić information content (AvgIpc) is 1.92. The van der Waals surface area contributed by atoms with Gasteiger partial charge in [-0.25, -0.2) is 0 Å². The Hall–Kier alpha value is 0.441. The first-order valence-corrected chi connectivity index (χ1v) is 3.33. The second-order valence-electron chi connectivity index (χ2n) is 2.53. The van der Waals surface area contributed by atoms with Gasteiger partial charge in [-0.05, 0) is 6.92 Å². The molecule has 0 aliphatic heterocycles. The Balaban J connectivity index is 0.00000144. The maximum Gasteiger partial charge on any atom is 1.00 e. The number of nitrogens with two attached hydrogens (primary N) is 1. The van der Waals surface area contributed by atoms with Crippen molar-refractivity contribution in [3.63, 3.8) is 0 Å². The molecule has 2 N–H and O–H groups in total. The Kier molecular flexibility index (Phi) is 4.95. The van der Waals surface area contributed by atoms with Gasteiger partial charge in [-0.2, -0.15) is 0 Å². The van der Waals surface area contributed by atoms with Crippen LogP contribution in [0.25, 0.3) is 0 Å². The number of aromatic nitrogens is 1. The minimum atomic E-state index is -5.01. The molecular formula is C6H7BF3KN2. The van der Waals surface area contributed by atoms with Crippen LogP contribution < -0.4 is 62.6 Å². The van der Waals surface area contributed by atoms with Crippen molar-refractivity contribution < 1.29 is 64.3 Å². The van der Waals surface area contributed by atoms with E-state index in [1.165, 1.54) is 6.92 Å². The van der Waals surface area contributed by atoms with Gasteiger partial charge < -0.3 is 18.7 Å². The molecule has 66 valence electrons. The third-order valence-corrected chi connectivity index (χ3v) is 1.46. The van der Waals surface area contributed by atoms with Gasteiger partial charge >= 0.3 is 58.4 Å². The summed E-state index contributed by atoms with van der Waals surface area (Å²) in [6.07, 6.45) is 1.03. The Bertz CT molecular complexity index is 302. The molecule has 1 aromatic rings. The molecule has 0 unspecified atom stereocenters. The molecule has 1 heterocycles. The van der Waals surface area contributed by atoms with Gasteiger partial charge in [-0.1, -0.05) is 11.5 Å². The molecule has 0 saturated heterocycles. The van der Waals surface area contributed by atoms with Crippen LogP contribution in [-0.2, 0) is 0 Å². The van der Waals surface area contributed by atoms with E-state index in [4.69, 9.17) is 5.73 Å². The van der Waals surface area contributed by atoms with Crippen LogP contribution in [-0.4, -0.2) is 12.0 Å². The van der Waals surface area contributed by atoms with Crippen molar-refractivity contribution in [3.05, 3.63) is 18.0 Å². The zero-order valence-electron chi connectivity index (χ0n) is 7.39. The fraction of sp³-hybridized carbons (Fsp3) is 0.167. The van der Waals surface area contributed by atoms with Crippen LogP contribution in [0.1, 0.15) is 5.69 Å². The maximum absolute atomic E-state index is 12.2. The summed E-state index contributed by atoms with van der Waals surface area (Å²) < 4.78 is 36.6. The molecule has 13 heavy (non-hydrogen) atoms. The van der Waals surface area contributed by atoms with Gasteiger partial charge in [0.05, 0.1) is 0 Å². The summed E-state index contributed by atoms with van der Waals surface area (Å²) in [4.78, 5) is 3.64. The number of halogens is 3. The summed E-state index contributed by atoms with van der Waals surface area (Å²) in [5.74, 6) is 0. The molecular weight excluding hydrogens is 207 g/mol. The number of anilines is 1. The fourth-order valence-electron chi connectivity index (χ4n) is 0.875. The topological polar surface area (TPSA) is 38.9 Å². The number of rotatable bonds is 1. The fourth-order valence-corrected chi connectivity index (χ4v) is 0.875. The minimum Gasteiger partial charge on any atom is -0.445 e. The Labute approximate surface area is 117 Å². The van der Waals surface area contributed by atoms with Crippen molar-refractivity contribution in [2.75, 3.05) is 5.73 Å². The molecule has 1 aromatic heterocycles. The summed E-state index contributed by atoms with van der Waals surface area (Å²) in [6, 6.07) is 0.954.